The van der Waals surface area contributed by atoms with Gasteiger partial charge in [0.2, 0.25) is 5.91 Å². The summed E-state index contributed by atoms with van der Waals surface area (Å²) >= 11 is 3.21. The van der Waals surface area contributed by atoms with Gasteiger partial charge in [0.1, 0.15) is 0 Å². The molecule has 4 rings (SSSR count). The molecule has 27 heavy (non-hydrogen) atoms. The first-order valence-electron chi connectivity index (χ1n) is 9.58. The van der Waals surface area contributed by atoms with Gasteiger partial charge in [-0.15, -0.1) is 21.5 Å². The first kappa shape index (κ1) is 18.5. The van der Waals surface area contributed by atoms with E-state index >= 15 is 0 Å². The van der Waals surface area contributed by atoms with Gasteiger partial charge in [0, 0.05) is 33.6 Å². The van der Waals surface area contributed by atoms with E-state index in [9.17, 15) is 4.79 Å². The largest absolute Gasteiger partial charge is 0.353 e. The minimum atomic E-state index is 0.0977. The Balaban J connectivity index is 1.52. The highest BCUT2D eigenvalue weighted by Gasteiger charge is 2.20. The average molecular weight is 401 g/mol. The van der Waals surface area contributed by atoms with Gasteiger partial charge < -0.3 is 9.88 Å². The molecule has 0 atom stereocenters. The second-order valence-electron chi connectivity index (χ2n) is 6.94. The number of hydrogen-bond acceptors (Lipinski definition) is 5. The van der Waals surface area contributed by atoms with Crippen LogP contribution in [0.2, 0.25) is 0 Å². The van der Waals surface area contributed by atoms with E-state index in [0.717, 1.165) is 42.4 Å². The first-order chi connectivity index (χ1) is 13.3. The SMILES string of the molecule is CCCn1c(SCC(=O)NC2CCCC2)nnc1-c1csc2ccccc12. The number of thioether (sulfide) groups is 1. The molecule has 1 saturated carbocycles. The number of carbonyl (C=O) groups is 1. The van der Waals surface area contributed by atoms with Crippen molar-refractivity contribution in [2.24, 2.45) is 0 Å². The maximum atomic E-state index is 12.3. The number of hydrogen-bond donors (Lipinski definition) is 1. The molecule has 2 heterocycles. The van der Waals surface area contributed by atoms with Gasteiger partial charge in [-0.05, 0) is 25.3 Å². The van der Waals surface area contributed by atoms with Crippen molar-refractivity contribution in [3.8, 4) is 11.4 Å². The van der Waals surface area contributed by atoms with E-state index in [1.807, 2.05) is 0 Å². The quantitative estimate of drug-likeness (QED) is 0.583. The maximum absolute atomic E-state index is 12.3. The van der Waals surface area contributed by atoms with E-state index in [2.05, 4.69) is 56.7 Å². The van der Waals surface area contributed by atoms with Crippen LogP contribution in [0.4, 0.5) is 0 Å². The third-order valence-electron chi connectivity index (χ3n) is 4.94. The summed E-state index contributed by atoms with van der Waals surface area (Å²) in [6.45, 7) is 3.00. The zero-order valence-corrected chi connectivity index (χ0v) is 17.1. The van der Waals surface area contributed by atoms with Crippen molar-refractivity contribution in [3.05, 3.63) is 29.6 Å². The van der Waals surface area contributed by atoms with E-state index in [1.54, 1.807) is 11.3 Å². The van der Waals surface area contributed by atoms with Crippen molar-refractivity contribution in [2.45, 2.75) is 56.8 Å². The average Bonchev–Trinajstić information content (AvgIpc) is 3.40. The number of benzene rings is 1. The zero-order valence-electron chi connectivity index (χ0n) is 15.5. The smallest absolute Gasteiger partial charge is 0.230 e. The molecule has 7 heteroatoms. The van der Waals surface area contributed by atoms with Gasteiger partial charge in [-0.3, -0.25) is 4.79 Å². The number of amides is 1. The highest BCUT2D eigenvalue weighted by molar-refractivity contribution is 7.99. The van der Waals surface area contributed by atoms with Crippen LogP contribution in [-0.2, 0) is 11.3 Å². The predicted molar refractivity (Wildman–Crippen MR) is 112 cm³/mol. The summed E-state index contributed by atoms with van der Waals surface area (Å²) in [5.41, 5.74) is 1.12. The summed E-state index contributed by atoms with van der Waals surface area (Å²) < 4.78 is 3.41. The van der Waals surface area contributed by atoms with E-state index in [0.29, 0.717) is 11.8 Å². The first-order valence-corrected chi connectivity index (χ1v) is 11.4. The molecule has 1 aromatic carbocycles. The number of nitrogens with zero attached hydrogens (tertiary/aromatic N) is 3. The Kier molecular flexibility index (Phi) is 5.78. The highest BCUT2D eigenvalue weighted by Crippen LogP contribution is 2.34. The van der Waals surface area contributed by atoms with Gasteiger partial charge >= 0.3 is 0 Å². The van der Waals surface area contributed by atoms with Crippen LogP contribution >= 0.6 is 23.1 Å². The number of nitrogens with one attached hydrogen (secondary N) is 1. The van der Waals surface area contributed by atoms with Crippen LogP contribution in [0.5, 0.6) is 0 Å². The maximum Gasteiger partial charge on any atom is 0.230 e. The molecule has 1 aliphatic carbocycles. The lowest BCUT2D eigenvalue weighted by atomic mass is 10.1. The molecule has 3 aromatic rings. The summed E-state index contributed by atoms with van der Waals surface area (Å²) in [4.78, 5) is 12.3. The van der Waals surface area contributed by atoms with Crippen LogP contribution in [0.15, 0.2) is 34.8 Å². The Bertz CT molecular complexity index is 927. The molecule has 0 spiro atoms. The molecule has 5 nitrogen and oxygen atoms in total. The third-order valence-corrected chi connectivity index (χ3v) is 6.87. The number of thiophene rings is 1. The summed E-state index contributed by atoms with van der Waals surface area (Å²) in [7, 11) is 0. The van der Waals surface area contributed by atoms with Gasteiger partial charge in [-0.25, -0.2) is 0 Å². The van der Waals surface area contributed by atoms with Crippen molar-refractivity contribution in [2.75, 3.05) is 5.75 Å². The lowest BCUT2D eigenvalue weighted by Gasteiger charge is -2.12. The molecule has 0 aliphatic heterocycles. The van der Waals surface area contributed by atoms with Gasteiger partial charge in [0.25, 0.3) is 0 Å². The number of rotatable bonds is 7. The van der Waals surface area contributed by atoms with Crippen molar-refractivity contribution >= 4 is 39.1 Å². The minimum absolute atomic E-state index is 0.0977. The van der Waals surface area contributed by atoms with Crippen molar-refractivity contribution < 1.29 is 4.79 Å². The van der Waals surface area contributed by atoms with Gasteiger partial charge in [-0.1, -0.05) is 49.7 Å². The molecule has 0 saturated heterocycles. The molecule has 0 unspecified atom stereocenters. The molecule has 2 aromatic heterocycles. The fraction of sp³-hybridized carbons (Fsp3) is 0.450. The topological polar surface area (TPSA) is 59.8 Å². The van der Waals surface area contributed by atoms with Crippen LogP contribution in [0, 0.1) is 0 Å². The summed E-state index contributed by atoms with van der Waals surface area (Å²) in [6, 6.07) is 8.74. The lowest BCUT2D eigenvalue weighted by molar-refractivity contribution is -0.119. The third kappa shape index (κ3) is 4.04. The van der Waals surface area contributed by atoms with Crippen molar-refractivity contribution in [1.82, 2.24) is 20.1 Å². The van der Waals surface area contributed by atoms with E-state index in [1.165, 1.54) is 34.7 Å². The van der Waals surface area contributed by atoms with E-state index < -0.39 is 0 Å². The molecular formula is C20H24N4OS2. The molecule has 0 radical (unpaired) electrons. The van der Waals surface area contributed by atoms with Gasteiger partial charge in [0.15, 0.2) is 11.0 Å². The standard InChI is InChI=1S/C20H24N4OS2/c1-2-11-24-19(16-12-26-17-10-6-5-9-15(16)17)22-23-20(24)27-13-18(25)21-14-7-3-4-8-14/h5-6,9-10,12,14H,2-4,7-8,11,13H2,1H3,(H,21,25). The van der Waals surface area contributed by atoms with E-state index in [4.69, 9.17) is 0 Å². The van der Waals surface area contributed by atoms with Crippen LogP contribution in [0.25, 0.3) is 21.5 Å². The Morgan fingerprint density at radius 1 is 1.30 bits per heavy atom. The van der Waals surface area contributed by atoms with Crippen molar-refractivity contribution in [1.29, 1.82) is 0 Å². The number of carbonyl (C=O) groups excluding carboxylic acids is 1. The Morgan fingerprint density at radius 2 is 2.11 bits per heavy atom. The number of fused-ring (bicyclic) bond motifs is 1. The molecule has 142 valence electrons. The minimum Gasteiger partial charge on any atom is -0.353 e. The monoisotopic (exact) mass is 400 g/mol. The number of aromatic nitrogens is 3. The van der Waals surface area contributed by atoms with Gasteiger partial charge in [0.05, 0.1) is 5.75 Å². The second-order valence-corrected chi connectivity index (χ2v) is 8.79. The Labute approximate surface area is 167 Å². The summed E-state index contributed by atoms with van der Waals surface area (Å²) in [6.07, 6.45) is 5.66. The molecule has 1 N–H and O–H groups in total. The van der Waals surface area contributed by atoms with Crippen LogP contribution in [0.1, 0.15) is 39.0 Å². The van der Waals surface area contributed by atoms with Gasteiger partial charge in [-0.2, -0.15) is 0 Å². The molecular weight excluding hydrogens is 376 g/mol. The second kappa shape index (κ2) is 8.44. The van der Waals surface area contributed by atoms with Crippen LogP contribution in [0.3, 0.4) is 0 Å². The summed E-state index contributed by atoms with van der Waals surface area (Å²) in [5.74, 6) is 1.39. The molecule has 1 amide bonds. The van der Waals surface area contributed by atoms with Crippen LogP contribution in [-0.4, -0.2) is 32.5 Å². The fourth-order valence-electron chi connectivity index (χ4n) is 3.64. The Hall–Kier alpha value is -1.86. The van der Waals surface area contributed by atoms with E-state index in [-0.39, 0.29) is 5.91 Å². The zero-order chi connectivity index (χ0) is 18.6. The highest BCUT2D eigenvalue weighted by atomic mass is 32.2. The van der Waals surface area contributed by atoms with Crippen molar-refractivity contribution in [3.63, 3.8) is 0 Å². The predicted octanol–water partition coefficient (Wildman–Crippen LogP) is 4.72. The molecule has 1 fully saturated rings. The Morgan fingerprint density at radius 3 is 2.93 bits per heavy atom. The lowest BCUT2D eigenvalue weighted by Crippen LogP contribution is -2.33. The van der Waals surface area contributed by atoms with Crippen LogP contribution < -0.4 is 5.32 Å². The fourth-order valence-corrected chi connectivity index (χ4v) is 5.36. The normalized spacial score (nSPS) is 14.9. The molecule has 1 aliphatic rings. The molecule has 0 bridgehead atoms. The summed E-state index contributed by atoms with van der Waals surface area (Å²) in [5, 5.41) is 16.2.